The molecule has 0 amide bonds. The Kier molecular flexibility index (Phi) is 4.33. The highest BCUT2D eigenvalue weighted by Crippen LogP contribution is 2.33. The Bertz CT molecular complexity index is 172. The minimum atomic E-state index is -1.30. The van der Waals surface area contributed by atoms with Crippen LogP contribution in [0.3, 0.4) is 0 Å². The Hall–Kier alpha value is -0.640. The largest absolute Gasteiger partial charge is 0.468 e. The number of carbonyl (C=O) groups is 1. The summed E-state index contributed by atoms with van der Waals surface area (Å²) >= 11 is 0. The summed E-state index contributed by atoms with van der Waals surface area (Å²) in [6, 6.07) is 0. The maximum atomic E-state index is 13.3. The van der Waals surface area contributed by atoms with E-state index in [1.54, 1.807) is 13.8 Å². The molecule has 0 aliphatic rings. The van der Waals surface area contributed by atoms with Crippen molar-refractivity contribution in [1.29, 1.82) is 0 Å². The van der Waals surface area contributed by atoms with Crippen molar-refractivity contribution in [2.24, 2.45) is 17.1 Å². The molecular weight excluding hydrogens is 173 g/mol. The number of methoxy groups -OCH3 is 1. The van der Waals surface area contributed by atoms with Gasteiger partial charge in [0.25, 0.3) is 0 Å². The summed E-state index contributed by atoms with van der Waals surface area (Å²) in [6.45, 7) is 4.83. The molecule has 78 valence electrons. The van der Waals surface area contributed by atoms with E-state index in [1.165, 1.54) is 14.0 Å². The SMILES string of the molecule is COC(=O)C(CN)(C(C)C)C(C)F. The predicted octanol–water partition coefficient (Wildman–Crippen LogP) is 1.12. The van der Waals surface area contributed by atoms with Crippen LogP contribution in [0.5, 0.6) is 0 Å². The Labute approximate surface area is 78.4 Å². The van der Waals surface area contributed by atoms with Gasteiger partial charge in [-0.25, -0.2) is 4.39 Å². The second-order valence-corrected chi connectivity index (χ2v) is 3.51. The Morgan fingerprint density at radius 1 is 1.54 bits per heavy atom. The smallest absolute Gasteiger partial charge is 0.316 e. The molecule has 0 aliphatic carbocycles. The van der Waals surface area contributed by atoms with Gasteiger partial charge in [-0.1, -0.05) is 13.8 Å². The molecule has 0 saturated carbocycles. The van der Waals surface area contributed by atoms with Crippen LogP contribution < -0.4 is 5.73 Å². The summed E-state index contributed by atoms with van der Waals surface area (Å²) in [7, 11) is 1.25. The van der Waals surface area contributed by atoms with Gasteiger partial charge < -0.3 is 10.5 Å². The van der Waals surface area contributed by atoms with Crippen LogP contribution in [-0.2, 0) is 9.53 Å². The number of hydrogen-bond acceptors (Lipinski definition) is 3. The third-order valence-corrected chi connectivity index (χ3v) is 2.64. The molecule has 0 heterocycles. The van der Waals surface area contributed by atoms with Crippen molar-refractivity contribution in [3.8, 4) is 0 Å². The topological polar surface area (TPSA) is 52.3 Å². The monoisotopic (exact) mass is 191 g/mol. The molecule has 3 nitrogen and oxygen atoms in total. The third-order valence-electron chi connectivity index (χ3n) is 2.64. The lowest BCUT2D eigenvalue weighted by Crippen LogP contribution is -2.49. The number of ether oxygens (including phenoxy) is 1. The zero-order chi connectivity index (χ0) is 10.6. The van der Waals surface area contributed by atoms with E-state index in [-0.39, 0.29) is 12.5 Å². The standard InChI is InChI=1S/C9H18FNO2/c1-6(2)9(5-11,7(3)10)8(12)13-4/h6-7H,5,11H2,1-4H3. The zero-order valence-electron chi connectivity index (χ0n) is 8.63. The average Bonchev–Trinajstić information content (AvgIpc) is 2.04. The lowest BCUT2D eigenvalue weighted by molar-refractivity contribution is -0.159. The van der Waals surface area contributed by atoms with Gasteiger partial charge in [0.2, 0.25) is 0 Å². The van der Waals surface area contributed by atoms with Crippen LogP contribution in [0.15, 0.2) is 0 Å². The van der Waals surface area contributed by atoms with Crippen LogP contribution in [0.2, 0.25) is 0 Å². The van der Waals surface area contributed by atoms with Crippen molar-refractivity contribution in [2.75, 3.05) is 13.7 Å². The van der Waals surface area contributed by atoms with E-state index in [1.807, 2.05) is 0 Å². The summed E-state index contributed by atoms with van der Waals surface area (Å²) in [6.07, 6.45) is -1.30. The van der Waals surface area contributed by atoms with Gasteiger partial charge in [-0.05, 0) is 12.8 Å². The van der Waals surface area contributed by atoms with Crippen molar-refractivity contribution in [1.82, 2.24) is 0 Å². The van der Waals surface area contributed by atoms with E-state index < -0.39 is 17.6 Å². The fourth-order valence-electron chi connectivity index (χ4n) is 1.53. The number of hydrogen-bond donors (Lipinski definition) is 1. The van der Waals surface area contributed by atoms with Crippen LogP contribution in [0.25, 0.3) is 0 Å². The molecule has 0 saturated heterocycles. The first kappa shape index (κ1) is 12.4. The number of rotatable bonds is 4. The zero-order valence-corrected chi connectivity index (χ0v) is 8.63. The van der Waals surface area contributed by atoms with E-state index in [0.717, 1.165) is 0 Å². The molecule has 2 atom stereocenters. The number of carbonyl (C=O) groups excluding carboxylic acids is 1. The van der Waals surface area contributed by atoms with Gasteiger partial charge >= 0.3 is 5.97 Å². The first-order valence-electron chi connectivity index (χ1n) is 4.36. The molecule has 0 spiro atoms. The summed E-state index contributed by atoms with van der Waals surface area (Å²) in [4.78, 5) is 11.4. The Balaban J connectivity index is 4.98. The maximum Gasteiger partial charge on any atom is 0.316 e. The van der Waals surface area contributed by atoms with Gasteiger partial charge in [0.15, 0.2) is 0 Å². The lowest BCUT2D eigenvalue weighted by Gasteiger charge is -2.34. The van der Waals surface area contributed by atoms with E-state index in [0.29, 0.717) is 0 Å². The fourth-order valence-corrected chi connectivity index (χ4v) is 1.53. The van der Waals surface area contributed by atoms with Crippen LogP contribution in [0.4, 0.5) is 4.39 Å². The Morgan fingerprint density at radius 2 is 2.00 bits per heavy atom. The van der Waals surface area contributed by atoms with Gasteiger partial charge in [0, 0.05) is 6.54 Å². The molecule has 0 bridgehead atoms. The molecule has 2 N–H and O–H groups in total. The molecule has 0 aromatic carbocycles. The van der Waals surface area contributed by atoms with Crippen LogP contribution >= 0.6 is 0 Å². The summed E-state index contributed by atoms with van der Waals surface area (Å²) in [5.41, 5.74) is 4.25. The molecule has 0 aromatic rings. The molecule has 0 rings (SSSR count). The molecule has 13 heavy (non-hydrogen) atoms. The molecule has 2 unspecified atom stereocenters. The molecule has 0 radical (unpaired) electrons. The molecule has 0 aromatic heterocycles. The predicted molar refractivity (Wildman–Crippen MR) is 48.9 cm³/mol. The van der Waals surface area contributed by atoms with Gasteiger partial charge in [-0.15, -0.1) is 0 Å². The molecule has 0 fully saturated rings. The van der Waals surface area contributed by atoms with E-state index in [9.17, 15) is 9.18 Å². The second kappa shape index (κ2) is 4.56. The Morgan fingerprint density at radius 3 is 2.08 bits per heavy atom. The van der Waals surface area contributed by atoms with Gasteiger partial charge in [0.1, 0.15) is 11.6 Å². The normalized spacial score (nSPS) is 18.1. The minimum Gasteiger partial charge on any atom is -0.468 e. The highest BCUT2D eigenvalue weighted by molar-refractivity contribution is 5.78. The fraction of sp³-hybridized carbons (Fsp3) is 0.889. The highest BCUT2D eigenvalue weighted by Gasteiger charge is 2.46. The van der Waals surface area contributed by atoms with Crippen LogP contribution in [0, 0.1) is 11.3 Å². The number of alkyl halides is 1. The highest BCUT2D eigenvalue weighted by atomic mass is 19.1. The van der Waals surface area contributed by atoms with Crippen molar-refractivity contribution in [2.45, 2.75) is 26.9 Å². The minimum absolute atomic E-state index is 0.0327. The lowest BCUT2D eigenvalue weighted by atomic mass is 9.74. The molecule has 4 heteroatoms. The van der Waals surface area contributed by atoms with E-state index in [4.69, 9.17) is 5.73 Å². The number of halogens is 1. The first-order valence-corrected chi connectivity index (χ1v) is 4.36. The van der Waals surface area contributed by atoms with Gasteiger partial charge in [-0.2, -0.15) is 0 Å². The van der Waals surface area contributed by atoms with Crippen molar-refractivity contribution >= 4 is 5.97 Å². The maximum absolute atomic E-state index is 13.3. The van der Waals surface area contributed by atoms with Crippen LogP contribution in [-0.4, -0.2) is 25.8 Å². The van der Waals surface area contributed by atoms with Gasteiger partial charge in [-0.3, -0.25) is 4.79 Å². The summed E-state index contributed by atoms with van der Waals surface area (Å²) in [5, 5.41) is 0. The van der Waals surface area contributed by atoms with Crippen LogP contribution in [0.1, 0.15) is 20.8 Å². The van der Waals surface area contributed by atoms with Crippen molar-refractivity contribution < 1.29 is 13.9 Å². The first-order chi connectivity index (χ1) is 5.93. The third kappa shape index (κ3) is 1.99. The quantitative estimate of drug-likeness (QED) is 0.677. The van der Waals surface area contributed by atoms with Crippen molar-refractivity contribution in [3.63, 3.8) is 0 Å². The van der Waals surface area contributed by atoms with Gasteiger partial charge in [0.05, 0.1) is 7.11 Å². The summed E-state index contributed by atoms with van der Waals surface area (Å²) in [5.74, 6) is -0.745. The van der Waals surface area contributed by atoms with E-state index in [2.05, 4.69) is 4.74 Å². The summed E-state index contributed by atoms with van der Waals surface area (Å²) < 4.78 is 17.9. The molecular formula is C9H18FNO2. The second-order valence-electron chi connectivity index (χ2n) is 3.51. The number of esters is 1. The average molecular weight is 191 g/mol. The number of nitrogens with two attached hydrogens (primary N) is 1. The van der Waals surface area contributed by atoms with Crippen molar-refractivity contribution in [3.05, 3.63) is 0 Å². The van der Waals surface area contributed by atoms with E-state index >= 15 is 0 Å². The molecule has 0 aliphatic heterocycles.